The molecular weight excluding hydrogens is 230 g/mol. The highest BCUT2D eigenvalue weighted by molar-refractivity contribution is 5.95. The Kier molecular flexibility index (Phi) is 5.12. The smallest absolute Gasteiger partial charge is 0.338 e. The molecule has 0 unspecified atom stereocenters. The van der Waals surface area contributed by atoms with Crippen molar-refractivity contribution >= 4 is 11.7 Å². The van der Waals surface area contributed by atoms with E-state index in [1.165, 1.54) is 0 Å². The summed E-state index contributed by atoms with van der Waals surface area (Å²) in [5.41, 5.74) is 7.00. The van der Waals surface area contributed by atoms with Gasteiger partial charge in [0.15, 0.2) is 0 Å². The van der Waals surface area contributed by atoms with Crippen molar-refractivity contribution in [3.8, 4) is 0 Å². The Morgan fingerprint density at radius 3 is 2.50 bits per heavy atom. The summed E-state index contributed by atoms with van der Waals surface area (Å²) in [6.07, 6.45) is 0. The number of anilines is 1. The summed E-state index contributed by atoms with van der Waals surface area (Å²) in [6.45, 7) is 2.39. The molecule has 0 radical (unpaired) electrons. The lowest BCUT2D eigenvalue weighted by Crippen LogP contribution is -2.29. The first-order valence-electron chi connectivity index (χ1n) is 5.85. The van der Waals surface area contributed by atoms with Crippen LogP contribution in [0.15, 0.2) is 18.2 Å². The van der Waals surface area contributed by atoms with E-state index in [2.05, 4.69) is 9.80 Å². The van der Waals surface area contributed by atoms with Crippen LogP contribution in [0.3, 0.4) is 0 Å². The van der Waals surface area contributed by atoms with Crippen molar-refractivity contribution in [2.24, 2.45) is 0 Å². The minimum atomic E-state index is -0.968. The molecule has 0 heterocycles. The molecule has 3 N–H and O–H groups in total. The van der Waals surface area contributed by atoms with Gasteiger partial charge < -0.3 is 20.6 Å². The molecule has 1 rings (SSSR count). The monoisotopic (exact) mass is 251 g/mol. The molecule has 0 aliphatic heterocycles. The maximum Gasteiger partial charge on any atom is 0.338 e. The number of nitrogen functional groups attached to an aromatic ring is 1. The Morgan fingerprint density at radius 1 is 1.28 bits per heavy atom. The summed E-state index contributed by atoms with van der Waals surface area (Å²) in [6, 6.07) is 5.22. The van der Waals surface area contributed by atoms with E-state index < -0.39 is 5.97 Å². The number of carbonyl (C=O) groups is 1. The second-order valence-electron chi connectivity index (χ2n) is 4.73. The fourth-order valence-electron chi connectivity index (χ4n) is 1.75. The number of hydrogen-bond donors (Lipinski definition) is 2. The number of hydrogen-bond acceptors (Lipinski definition) is 4. The molecule has 5 heteroatoms. The summed E-state index contributed by atoms with van der Waals surface area (Å²) in [5, 5.41) is 9.17. The normalized spacial score (nSPS) is 11.2. The molecule has 0 aliphatic rings. The minimum Gasteiger partial charge on any atom is -0.478 e. The van der Waals surface area contributed by atoms with Crippen LogP contribution in [-0.2, 0) is 6.54 Å². The lowest BCUT2D eigenvalue weighted by molar-refractivity contribution is 0.0696. The molecule has 5 nitrogen and oxygen atoms in total. The van der Waals surface area contributed by atoms with Gasteiger partial charge in [-0.05, 0) is 32.8 Å². The van der Waals surface area contributed by atoms with Gasteiger partial charge in [-0.2, -0.15) is 0 Å². The number of nitrogens with zero attached hydrogens (tertiary/aromatic N) is 2. The molecule has 0 saturated carbocycles. The number of nitrogens with two attached hydrogens (primary N) is 1. The zero-order chi connectivity index (χ0) is 13.7. The van der Waals surface area contributed by atoms with Crippen LogP contribution < -0.4 is 5.73 Å². The van der Waals surface area contributed by atoms with Crippen molar-refractivity contribution in [3.05, 3.63) is 29.3 Å². The third-order valence-electron chi connectivity index (χ3n) is 2.77. The minimum absolute atomic E-state index is 0.217. The average molecular weight is 251 g/mol. The van der Waals surface area contributed by atoms with Crippen LogP contribution in [0.5, 0.6) is 0 Å². The van der Waals surface area contributed by atoms with Gasteiger partial charge in [0.1, 0.15) is 0 Å². The van der Waals surface area contributed by atoms with Crippen molar-refractivity contribution in [3.63, 3.8) is 0 Å². The molecule has 0 bridgehead atoms. The Labute approximate surface area is 108 Å². The Bertz CT molecular complexity index is 419. The highest BCUT2D eigenvalue weighted by Crippen LogP contribution is 2.18. The largest absolute Gasteiger partial charge is 0.478 e. The predicted molar refractivity (Wildman–Crippen MR) is 72.7 cm³/mol. The fraction of sp³-hybridized carbons (Fsp3) is 0.462. The molecule has 100 valence electrons. The van der Waals surface area contributed by atoms with Gasteiger partial charge in [-0.3, -0.25) is 0 Å². The van der Waals surface area contributed by atoms with E-state index in [0.717, 1.165) is 18.7 Å². The van der Waals surface area contributed by atoms with Gasteiger partial charge >= 0.3 is 5.97 Å². The van der Waals surface area contributed by atoms with Crippen molar-refractivity contribution < 1.29 is 9.90 Å². The van der Waals surface area contributed by atoms with Crippen LogP contribution in [0.4, 0.5) is 5.69 Å². The summed E-state index contributed by atoms with van der Waals surface area (Å²) in [4.78, 5) is 15.4. The zero-order valence-electron chi connectivity index (χ0n) is 11.2. The van der Waals surface area contributed by atoms with E-state index in [1.54, 1.807) is 12.1 Å². The van der Waals surface area contributed by atoms with Crippen molar-refractivity contribution in [1.82, 2.24) is 9.80 Å². The standard InChI is InChI=1S/C13H21N3O2/c1-15(2)7-8-16(3)9-10-5-4-6-11(14)12(10)13(17)18/h4-6H,7-9,14H2,1-3H3,(H,17,18). The number of aromatic carboxylic acids is 1. The van der Waals surface area contributed by atoms with E-state index >= 15 is 0 Å². The molecule has 0 atom stereocenters. The second-order valence-corrected chi connectivity index (χ2v) is 4.73. The predicted octanol–water partition coefficient (Wildman–Crippen LogP) is 0.960. The second kappa shape index (κ2) is 6.37. The number of benzene rings is 1. The van der Waals surface area contributed by atoms with Crippen LogP contribution in [-0.4, -0.2) is 55.1 Å². The zero-order valence-corrected chi connectivity index (χ0v) is 11.2. The van der Waals surface area contributed by atoms with Gasteiger partial charge in [0, 0.05) is 25.3 Å². The fourth-order valence-corrected chi connectivity index (χ4v) is 1.75. The summed E-state index contributed by atoms with van der Waals surface area (Å²) in [5.74, 6) is -0.968. The third-order valence-corrected chi connectivity index (χ3v) is 2.77. The van der Waals surface area contributed by atoms with Gasteiger partial charge in [-0.25, -0.2) is 4.79 Å². The number of likely N-dealkylation sites (N-methyl/N-ethyl adjacent to an activating group) is 2. The molecule has 0 spiro atoms. The van der Waals surface area contributed by atoms with Crippen LogP contribution >= 0.6 is 0 Å². The molecule has 0 saturated heterocycles. The molecule has 1 aromatic carbocycles. The first-order valence-corrected chi connectivity index (χ1v) is 5.85. The van der Waals surface area contributed by atoms with Gasteiger partial charge in [0.2, 0.25) is 0 Å². The quantitative estimate of drug-likeness (QED) is 0.737. The van der Waals surface area contributed by atoms with Crippen molar-refractivity contribution in [2.75, 3.05) is 40.0 Å². The lowest BCUT2D eigenvalue weighted by Gasteiger charge is -2.20. The highest BCUT2D eigenvalue weighted by atomic mass is 16.4. The van der Waals surface area contributed by atoms with Crippen LogP contribution in [0.25, 0.3) is 0 Å². The third kappa shape index (κ3) is 4.01. The molecule has 0 amide bonds. The van der Waals surface area contributed by atoms with Gasteiger partial charge in [0.25, 0.3) is 0 Å². The molecule has 1 aromatic rings. The molecule has 18 heavy (non-hydrogen) atoms. The molecular formula is C13H21N3O2. The van der Waals surface area contributed by atoms with Gasteiger partial charge in [-0.1, -0.05) is 12.1 Å². The SMILES string of the molecule is CN(C)CCN(C)Cc1cccc(N)c1C(=O)O. The van der Waals surface area contributed by atoms with E-state index in [0.29, 0.717) is 12.2 Å². The average Bonchev–Trinajstić information content (AvgIpc) is 2.26. The Balaban J connectivity index is 2.78. The molecule has 0 aliphatic carbocycles. The first kappa shape index (κ1) is 14.5. The number of carboxylic acid groups (broad SMARTS) is 1. The molecule has 0 fully saturated rings. The van der Waals surface area contributed by atoms with Crippen LogP contribution in [0.2, 0.25) is 0 Å². The van der Waals surface area contributed by atoms with E-state index in [9.17, 15) is 9.90 Å². The van der Waals surface area contributed by atoms with Crippen LogP contribution in [0, 0.1) is 0 Å². The summed E-state index contributed by atoms with van der Waals surface area (Å²) >= 11 is 0. The topological polar surface area (TPSA) is 69.8 Å². The first-order chi connectivity index (χ1) is 8.41. The highest BCUT2D eigenvalue weighted by Gasteiger charge is 2.14. The maximum absolute atomic E-state index is 11.2. The summed E-state index contributed by atoms with van der Waals surface area (Å²) < 4.78 is 0. The Morgan fingerprint density at radius 2 is 1.94 bits per heavy atom. The van der Waals surface area contributed by atoms with Gasteiger partial charge in [-0.15, -0.1) is 0 Å². The molecule has 0 aromatic heterocycles. The number of rotatable bonds is 6. The van der Waals surface area contributed by atoms with E-state index in [4.69, 9.17) is 5.73 Å². The number of carboxylic acids is 1. The summed E-state index contributed by atoms with van der Waals surface area (Å²) in [7, 11) is 5.99. The van der Waals surface area contributed by atoms with Crippen LogP contribution in [0.1, 0.15) is 15.9 Å². The van der Waals surface area contributed by atoms with Gasteiger partial charge in [0.05, 0.1) is 5.56 Å². The van der Waals surface area contributed by atoms with Crippen molar-refractivity contribution in [2.45, 2.75) is 6.54 Å². The maximum atomic E-state index is 11.2. The van der Waals surface area contributed by atoms with E-state index in [-0.39, 0.29) is 5.56 Å². The Hall–Kier alpha value is -1.59. The lowest BCUT2D eigenvalue weighted by atomic mass is 10.1. The van der Waals surface area contributed by atoms with E-state index in [1.807, 2.05) is 27.2 Å². The van der Waals surface area contributed by atoms with Crippen molar-refractivity contribution in [1.29, 1.82) is 0 Å².